The highest BCUT2D eigenvalue weighted by molar-refractivity contribution is 6.21. The highest BCUT2D eigenvalue weighted by atomic mass is 35.5. The molecule has 1 atom stereocenters. The lowest BCUT2D eigenvalue weighted by molar-refractivity contribution is -0.128. The Morgan fingerprint density at radius 1 is 1.47 bits per heavy atom. The number of hydrogen-bond acceptors (Lipinski definition) is 2. The minimum Gasteiger partial charge on any atom is -0.381 e. The van der Waals surface area contributed by atoms with E-state index < -0.39 is 5.60 Å². The van der Waals surface area contributed by atoms with E-state index >= 15 is 0 Å². The third kappa shape index (κ3) is 3.50. The van der Waals surface area contributed by atoms with Gasteiger partial charge in [-0.1, -0.05) is 36.4 Å². The smallest absolute Gasteiger partial charge is 0.188 e. The predicted octanol–water partition coefficient (Wildman–Crippen LogP) is 2.26. The molecule has 1 unspecified atom stereocenters. The van der Waals surface area contributed by atoms with Crippen molar-refractivity contribution >= 4 is 23.5 Å². The van der Waals surface area contributed by atoms with E-state index in [9.17, 15) is 9.90 Å². The number of carbonyl (C=O) groups is 1. The van der Waals surface area contributed by atoms with Crippen LogP contribution in [0.4, 0.5) is 0 Å². The molecule has 0 aliphatic rings. The van der Waals surface area contributed by atoms with Crippen LogP contribution in [-0.4, -0.2) is 22.4 Å². The zero-order chi connectivity index (χ0) is 11.3. The number of halogens is 1. The molecule has 1 aromatic rings. The summed E-state index contributed by atoms with van der Waals surface area (Å²) in [5.74, 6) is -0.494. The lowest BCUT2D eigenvalue weighted by Crippen LogP contribution is -2.35. The standard InChI is InChI=1S/C12H13ClO2/c1-12(15,9-13)11(14)8-7-10-5-3-2-4-6-10/h2-8,15H,9H2,1H3/b8-7+. The molecule has 1 aromatic carbocycles. The first kappa shape index (κ1) is 12.0. The number of benzene rings is 1. The van der Waals surface area contributed by atoms with Gasteiger partial charge in [0.05, 0.1) is 5.88 Å². The molecule has 0 saturated carbocycles. The molecule has 0 spiro atoms. The van der Waals surface area contributed by atoms with Crippen LogP contribution in [0.1, 0.15) is 12.5 Å². The van der Waals surface area contributed by atoms with Crippen molar-refractivity contribution in [2.45, 2.75) is 12.5 Å². The molecule has 0 fully saturated rings. The summed E-state index contributed by atoms with van der Waals surface area (Å²) in [5.41, 5.74) is -0.566. The molecule has 0 aromatic heterocycles. The summed E-state index contributed by atoms with van der Waals surface area (Å²) < 4.78 is 0. The van der Waals surface area contributed by atoms with Gasteiger partial charge >= 0.3 is 0 Å². The molecule has 0 aliphatic carbocycles. The van der Waals surface area contributed by atoms with Crippen LogP contribution in [0, 0.1) is 0 Å². The van der Waals surface area contributed by atoms with Crippen molar-refractivity contribution in [3.63, 3.8) is 0 Å². The van der Waals surface area contributed by atoms with Gasteiger partial charge in [0.2, 0.25) is 0 Å². The third-order valence-corrected chi connectivity index (χ3v) is 2.54. The van der Waals surface area contributed by atoms with Crippen LogP contribution < -0.4 is 0 Å². The first-order valence-electron chi connectivity index (χ1n) is 4.62. The Kier molecular flexibility index (Phi) is 4.06. The minimum atomic E-state index is -1.48. The normalized spacial score (nSPS) is 15.1. The second kappa shape index (κ2) is 5.10. The van der Waals surface area contributed by atoms with Crippen molar-refractivity contribution in [2.24, 2.45) is 0 Å². The molecule has 0 aliphatic heterocycles. The number of hydrogen-bond donors (Lipinski definition) is 1. The van der Waals surface area contributed by atoms with Crippen LogP contribution >= 0.6 is 11.6 Å². The highest BCUT2D eigenvalue weighted by Crippen LogP contribution is 2.10. The zero-order valence-electron chi connectivity index (χ0n) is 8.48. The topological polar surface area (TPSA) is 37.3 Å². The summed E-state index contributed by atoms with van der Waals surface area (Å²) in [6.07, 6.45) is 3.00. The first-order valence-corrected chi connectivity index (χ1v) is 5.15. The van der Waals surface area contributed by atoms with E-state index in [1.807, 2.05) is 30.3 Å². The Morgan fingerprint density at radius 3 is 2.60 bits per heavy atom. The predicted molar refractivity (Wildman–Crippen MR) is 61.8 cm³/mol. The summed E-state index contributed by atoms with van der Waals surface area (Å²) in [7, 11) is 0. The van der Waals surface area contributed by atoms with Crippen molar-refractivity contribution in [3.05, 3.63) is 42.0 Å². The van der Waals surface area contributed by atoms with Crippen molar-refractivity contribution in [3.8, 4) is 0 Å². The number of ketones is 1. The third-order valence-electron chi connectivity index (χ3n) is 2.02. The average molecular weight is 225 g/mol. The van der Waals surface area contributed by atoms with Crippen LogP contribution in [0.25, 0.3) is 6.08 Å². The van der Waals surface area contributed by atoms with Crippen LogP contribution in [0.3, 0.4) is 0 Å². The van der Waals surface area contributed by atoms with Crippen molar-refractivity contribution < 1.29 is 9.90 Å². The van der Waals surface area contributed by atoms with Gasteiger partial charge in [0.1, 0.15) is 5.60 Å². The summed E-state index contributed by atoms with van der Waals surface area (Å²) in [6.45, 7) is 1.40. The maximum Gasteiger partial charge on any atom is 0.188 e. The lowest BCUT2D eigenvalue weighted by Gasteiger charge is -2.15. The molecule has 1 N–H and O–H groups in total. The van der Waals surface area contributed by atoms with E-state index in [2.05, 4.69) is 0 Å². The SMILES string of the molecule is CC(O)(CCl)C(=O)/C=C/c1ccccc1. The Hall–Kier alpha value is -1.12. The molecule has 80 valence electrons. The molecule has 0 heterocycles. The lowest BCUT2D eigenvalue weighted by atomic mass is 10.0. The number of aliphatic hydroxyl groups is 1. The molecule has 2 nitrogen and oxygen atoms in total. The fourth-order valence-electron chi connectivity index (χ4n) is 0.981. The van der Waals surface area contributed by atoms with E-state index in [1.54, 1.807) is 6.08 Å². The Morgan fingerprint density at radius 2 is 2.07 bits per heavy atom. The molecule has 0 radical (unpaired) electrons. The van der Waals surface area contributed by atoms with Gasteiger partial charge in [0.25, 0.3) is 0 Å². The molecule has 0 bridgehead atoms. The molecular formula is C12H13ClO2. The van der Waals surface area contributed by atoms with Crippen LogP contribution in [-0.2, 0) is 4.79 Å². The number of carbonyl (C=O) groups excluding carboxylic acids is 1. The van der Waals surface area contributed by atoms with E-state index in [1.165, 1.54) is 13.0 Å². The Labute approximate surface area is 94.2 Å². The van der Waals surface area contributed by atoms with Crippen molar-refractivity contribution in [1.29, 1.82) is 0 Å². The minimum absolute atomic E-state index is 0.106. The summed E-state index contributed by atoms with van der Waals surface area (Å²) >= 11 is 5.47. The van der Waals surface area contributed by atoms with Gasteiger partial charge in [-0.3, -0.25) is 4.79 Å². The molecule has 15 heavy (non-hydrogen) atoms. The van der Waals surface area contributed by atoms with Gasteiger partial charge in [-0.25, -0.2) is 0 Å². The van der Waals surface area contributed by atoms with Crippen molar-refractivity contribution in [1.82, 2.24) is 0 Å². The van der Waals surface area contributed by atoms with E-state index in [0.29, 0.717) is 0 Å². The quantitative estimate of drug-likeness (QED) is 0.629. The fraction of sp³-hybridized carbons (Fsp3) is 0.250. The maximum absolute atomic E-state index is 11.4. The van der Waals surface area contributed by atoms with Gasteiger partial charge in [0, 0.05) is 0 Å². The van der Waals surface area contributed by atoms with Gasteiger partial charge in [-0.2, -0.15) is 0 Å². The number of alkyl halides is 1. The molecule has 1 rings (SSSR count). The molecule has 0 amide bonds. The zero-order valence-corrected chi connectivity index (χ0v) is 9.24. The first-order chi connectivity index (χ1) is 7.06. The Balaban J connectivity index is 2.71. The molecule has 0 saturated heterocycles. The summed E-state index contributed by atoms with van der Waals surface area (Å²) in [6, 6.07) is 9.40. The summed E-state index contributed by atoms with van der Waals surface area (Å²) in [4.78, 5) is 11.4. The second-order valence-electron chi connectivity index (χ2n) is 3.52. The fourth-order valence-corrected chi connectivity index (χ4v) is 1.11. The van der Waals surface area contributed by atoms with E-state index in [0.717, 1.165) is 5.56 Å². The van der Waals surface area contributed by atoms with Crippen molar-refractivity contribution in [2.75, 3.05) is 5.88 Å². The summed E-state index contributed by atoms with van der Waals surface area (Å²) in [5, 5.41) is 9.54. The largest absolute Gasteiger partial charge is 0.381 e. The van der Waals surface area contributed by atoms with Gasteiger partial charge in [0.15, 0.2) is 5.78 Å². The number of rotatable bonds is 4. The average Bonchev–Trinajstić information content (AvgIpc) is 2.27. The Bertz CT molecular complexity index is 355. The van der Waals surface area contributed by atoms with Crippen LogP contribution in [0.5, 0.6) is 0 Å². The van der Waals surface area contributed by atoms with Gasteiger partial charge in [-0.15, -0.1) is 11.6 Å². The van der Waals surface area contributed by atoms with Crippen LogP contribution in [0.15, 0.2) is 36.4 Å². The second-order valence-corrected chi connectivity index (χ2v) is 3.78. The van der Waals surface area contributed by atoms with Gasteiger partial charge in [-0.05, 0) is 18.6 Å². The monoisotopic (exact) mass is 224 g/mol. The molecule has 3 heteroatoms. The molecular weight excluding hydrogens is 212 g/mol. The maximum atomic E-state index is 11.4. The van der Waals surface area contributed by atoms with E-state index in [-0.39, 0.29) is 11.7 Å². The van der Waals surface area contributed by atoms with Crippen LogP contribution in [0.2, 0.25) is 0 Å². The van der Waals surface area contributed by atoms with E-state index in [4.69, 9.17) is 11.6 Å². The highest BCUT2D eigenvalue weighted by Gasteiger charge is 2.26. The van der Waals surface area contributed by atoms with Gasteiger partial charge < -0.3 is 5.11 Å².